The maximum atomic E-state index is 13.3. The van der Waals surface area contributed by atoms with Gasteiger partial charge in [-0.2, -0.15) is 0 Å². The molecule has 8 nitrogen and oxygen atoms in total. The van der Waals surface area contributed by atoms with E-state index in [4.69, 9.17) is 0 Å². The molecule has 0 saturated carbocycles. The van der Waals surface area contributed by atoms with Crippen LogP contribution in [0.4, 0.5) is 0 Å². The van der Waals surface area contributed by atoms with E-state index in [1.54, 1.807) is 0 Å². The lowest BCUT2D eigenvalue weighted by atomic mass is 9.83. The number of likely N-dealkylation sites (tertiary alicyclic amines) is 1. The molecule has 0 spiro atoms. The van der Waals surface area contributed by atoms with Gasteiger partial charge in [0.2, 0.25) is 0 Å². The number of fused-ring (bicyclic) bond motifs is 4. The van der Waals surface area contributed by atoms with Crippen LogP contribution >= 0.6 is 0 Å². The van der Waals surface area contributed by atoms with Crippen molar-refractivity contribution in [2.24, 2.45) is 5.92 Å². The third kappa shape index (κ3) is 3.90. The third-order valence-electron chi connectivity index (χ3n) is 6.29. The minimum atomic E-state index is -0.161. The Kier molecular flexibility index (Phi) is 5.15. The second-order valence-corrected chi connectivity index (χ2v) is 8.66. The summed E-state index contributed by atoms with van der Waals surface area (Å²) in [5, 5.41) is 7.21. The molecule has 2 aromatic heterocycles. The fourth-order valence-electron chi connectivity index (χ4n) is 4.94. The van der Waals surface area contributed by atoms with E-state index in [-0.39, 0.29) is 29.0 Å². The summed E-state index contributed by atoms with van der Waals surface area (Å²) in [6, 6.07) is 14.3. The number of rotatable bonds is 5. The highest BCUT2D eigenvalue weighted by atomic mass is 16.6. The van der Waals surface area contributed by atoms with Gasteiger partial charge >= 0.3 is 0 Å². The summed E-state index contributed by atoms with van der Waals surface area (Å²) in [5.74, 6) is 0.246. The van der Waals surface area contributed by atoms with E-state index in [0.29, 0.717) is 26.2 Å². The van der Waals surface area contributed by atoms with Crippen molar-refractivity contribution in [1.29, 1.82) is 0 Å². The van der Waals surface area contributed by atoms with Crippen LogP contribution in [0.2, 0.25) is 0 Å². The largest absolute Gasteiger partial charge is 0.336 e. The molecule has 31 heavy (non-hydrogen) atoms. The molecular weight excluding hydrogens is 394 g/mol. The van der Waals surface area contributed by atoms with Crippen LogP contribution in [0.5, 0.6) is 0 Å². The maximum absolute atomic E-state index is 13.3. The number of hydrogen-bond acceptors (Lipinski definition) is 6. The van der Waals surface area contributed by atoms with E-state index >= 15 is 0 Å². The molecule has 4 heterocycles. The Morgan fingerprint density at radius 1 is 1.13 bits per heavy atom. The Morgan fingerprint density at radius 2 is 1.97 bits per heavy atom. The van der Waals surface area contributed by atoms with Gasteiger partial charge in [0, 0.05) is 49.9 Å². The zero-order valence-corrected chi connectivity index (χ0v) is 17.5. The molecule has 2 bridgehead atoms. The second-order valence-electron chi connectivity index (χ2n) is 8.66. The normalized spacial score (nSPS) is 20.0. The summed E-state index contributed by atoms with van der Waals surface area (Å²) in [7, 11) is 2.04. The highest BCUT2D eigenvalue weighted by Crippen LogP contribution is 2.35. The number of pyridine rings is 1. The average Bonchev–Trinajstić information content (AvgIpc) is 3.31. The summed E-state index contributed by atoms with van der Waals surface area (Å²) >= 11 is 0. The topological polar surface area (TPSA) is 84.5 Å². The van der Waals surface area contributed by atoms with Crippen LogP contribution in [0.15, 0.2) is 58.1 Å². The smallest absolute Gasteiger partial charge is 0.277 e. The lowest BCUT2D eigenvalue weighted by molar-refractivity contribution is 0.0583. The first-order valence-electron chi connectivity index (χ1n) is 10.6. The van der Waals surface area contributed by atoms with E-state index in [0.717, 1.165) is 24.2 Å². The number of carbonyl (C=O) groups is 1. The van der Waals surface area contributed by atoms with Crippen LogP contribution in [-0.4, -0.2) is 50.7 Å². The summed E-state index contributed by atoms with van der Waals surface area (Å²) < 4.78 is 6.51. The number of benzene rings is 1. The van der Waals surface area contributed by atoms with Crippen molar-refractivity contribution < 1.29 is 9.42 Å². The van der Waals surface area contributed by atoms with Crippen molar-refractivity contribution in [1.82, 2.24) is 24.7 Å². The van der Waals surface area contributed by atoms with Crippen LogP contribution in [0.3, 0.4) is 0 Å². The lowest BCUT2D eigenvalue weighted by Crippen LogP contribution is -2.49. The van der Waals surface area contributed by atoms with Gasteiger partial charge < -0.3 is 9.47 Å². The molecular formula is C23H25N5O3. The highest BCUT2D eigenvalue weighted by molar-refractivity contribution is 5.91. The van der Waals surface area contributed by atoms with Crippen molar-refractivity contribution >= 4 is 5.91 Å². The molecule has 8 heteroatoms. The molecule has 2 aliphatic rings. The SMILES string of the molecule is CN(Cc1ccccc1)Cc1ccc2n(c1=O)C[C@H]1C[C@@H]2CN(C(=O)c2cnon2)C1. The number of nitrogens with zero attached hydrogens (tertiary/aromatic N) is 5. The Morgan fingerprint density at radius 3 is 2.74 bits per heavy atom. The van der Waals surface area contributed by atoms with Gasteiger partial charge in [0.25, 0.3) is 11.5 Å². The quantitative estimate of drug-likeness (QED) is 0.630. The highest BCUT2D eigenvalue weighted by Gasteiger charge is 2.37. The van der Waals surface area contributed by atoms with E-state index in [9.17, 15) is 9.59 Å². The van der Waals surface area contributed by atoms with Gasteiger partial charge in [-0.1, -0.05) is 41.6 Å². The predicted molar refractivity (Wildman–Crippen MR) is 113 cm³/mol. The zero-order valence-electron chi connectivity index (χ0n) is 17.5. The first-order chi connectivity index (χ1) is 15.1. The summed E-state index contributed by atoms with van der Waals surface area (Å²) in [6.07, 6.45) is 2.34. The van der Waals surface area contributed by atoms with Gasteiger partial charge in [-0.05, 0) is 36.2 Å². The molecule has 2 atom stereocenters. The molecule has 2 aliphatic heterocycles. The molecule has 1 amide bonds. The van der Waals surface area contributed by atoms with Crippen molar-refractivity contribution in [2.45, 2.75) is 32.0 Å². The van der Waals surface area contributed by atoms with Gasteiger partial charge in [-0.3, -0.25) is 14.5 Å². The van der Waals surface area contributed by atoms with Crippen LogP contribution in [0.1, 0.15) is 39.6 Å². The molecule has 1 aromatic carbocycles. The average molecular weight is 419 g/mol. The first-order valence-corrected chi connectivity index (χ1v) is 10.6. The maximum Gasteiger partial charge on any atom is 0.277 e. The number of carbonyl (C=O) groups excluding carboxylic acids is 1. The van der Waals surface area contributed by atoms with E-state index < -0.39 is 0 Å². The van der Waals surface area contributed by atoms with Crippen LogP contribution in [-0.2, 0) is 19.6 Å². The Hall–Kier alpha value is -3.26. The van der Waals surface area contributed by atoms with Crippen LogP contribution in [0, 0.1) is 5.92 Å². The van der Waals surface area contributed by atoms with Gasteiger partial charge in [0.05, 0.1) is 0 Å². The predicted octanol–water partition coefficient (Wildman–Crippen LogP) is 2.12. The number of aromatic nitrogens is 3. The molecule has 1 saturated heterocycles. The lowest BCUT2D eigenvalue weighted by Gasteiger charge is -2.42. The zero-order chi connectivity index (χ0) is 21.4. The van der Waals surface area contributed by atoms with Gasteiger partial charge in [-0.25, -0.2) is 4.63 Å². The molecule has 1 fully saturated rings. The number of piperidine rings is 1. The Balaban J connectivity index is 1.33. The summed E-state index contributed by atoms with van der Waals surface area (Å²) in [6.45, 7) is 3.23. The molecule has 0 radical (unpaired) electrons. The third-order valence-corrected chi connectivity index (χ3v) is 6.29. The van der Waals surface area contributed by atoms with Crippen LogP contribution < -0.4 is 5.56 Å². The van der Waals surface area contributed by atoms with Crippen molar-refractivity contribution in [3.05, 3.63) is 81.5 Å². The molecule has 3 aromatic rings. The van der Waals surface area contributed by atoms with Gasteiger partial charge in [0.15, 0.2) is 5.69 Å². The fourth-order valence-corrected chi connectivity index (χ4v) is 4.94. The summed E-state index contributed by atoms with van der Waals surface area (Å²) in [4.78, 5) is 29.9. The van der Waals surface area contributed by atoms with E-state index in [2.05, 4.69) is 38.0 Å². The van der Waals surface area contributed by atoms with E-state index in [1.807, 2.05) is 40.8 Å². The Labute approximate surface area is 180 Å². The van der Waals surface area contributed by atoms with Gasteiger partial charge in [0.1, 0.15) is 6.20 Å². The first kappa shape index (κ1) is 19.7. The van der Waals surface area contributed by atoms with Crippen molar-refractivity contribution in [3.63, 3.8) is 0 Å². The molecule has 0 unspecified atom stereocenters. The standard InChI is InChI=1S/C23H25N5O3/c1-26(11-16-5-3-2-4-6-16)14-18-7-8-21-19-9-17(13-28(21)22(18)29)12-27(15-19)23(30)20-10-24-31-25-20/h2-8,10,17,19H,9,11-15H2,1H3/t17-,19+/m0/s1. The minimum absolute atomic E-state index is 0.0904. The number of amides is 1. The number of hydrogen-bond donors (Lipinski definition) is 0. The second kappa shape index (κ2) is 8.11. The molecule has 0 aliphatic carbocycles. The minimum Gasteiger partial charge on any atom is -0.336 e. The Bertz CT molecular complexity index is 1130. The molecule has 5 rings (SSSR count). The van der Waals surface area contributed by atoms with Gasteiger partial charge in [-0.15, -0.1) is 0 Å². The summed E-state index contributed by atoms with van der Waals surface area (Å²) in [5.41, 5.74) is 3.38. The fraction of sp³-hybridized carbons (Fsp3) is 0.391. The van der Waals surface area contributed by atoms with Crippen molar-refractivity contribution in [2.75, 3.05) is 20.1 Å². The van der Waals surface area contributed by atoms with Crippen molar-refractivity contribution in [3.8, 4) is 0 Å². The molecule has 0 N–H and O–H groups in total. The molecule has 160 valence electrons. The van der Waals surface area contributed by atoms with E-state index in [1.165, 1.54) is 11.8 Å². The monoisotopic (exact) mass is 419 g/mol. The van der Waals surface area contributed by atoms with Crippen LogP contribution in [0.25, 0.3) is 0 Å².